The van der Waals surface area contributed by atoms with Gasteiger partial charge in [-0.25, -0.2) is 4.79 Å². The lowest BCUT2D eigenvalue weighted by molar-refractivity contribution is 0.0692. The Morgan fingerprint density at radius 3 is 2.65 bits per heavy atom. The molecule has 0 bridgehead atoms. The van der Waals surface area contributed by atoms with Crippen LogP contribution in [0.4, 0.5) is 0 Å². The fourth-order valence-corrected chi connectivity index (χ4v) is 2.87. The van der Waals surface area contributed by atoms with Crippen LogP contribution >= 0.6 is 34.4 Å². The maximum absolute atomic E-state index is 11.1. The molecule has 0 radical (unpaired) electrons. The molecule has 0 amide bonds. The molecule has 3 nitrogen and oxygen atoms in total. The number of carboxylic acid groups (broad SMARTS) is 1. The van der Waals surface area contributed by atoms with Crippen molar-refractivity contribution < 1.29 is 14.6 Å². The van der Waals surface area contributed by atoms with Gasteiger partial charge in [-0.2, -0.15) is 0 Å². The van der Waals surface area contributed by atoms with Crippen molar-refractivity contribution in [3.63, 3.8) is 0 Å². The van der Waals surface area contributed by atoms with E-state index in [1.165, 1.54) is 4.90 Å². The summed E-state index contributed by atoms with van der Waals surface area (Å²) in [6, 6.07) is 15.2. The molecular weight excluding hydrogens is 387 g/mol. The molecule has 0 fully saturated rings. The Morgan fingerprint density at radius 2 is 1.95 bits per heavy atom. The summed E-state index contributed by atoms with van der Waals surface area (Å²) in [5, 5.41) is 9.14. The predicted molar refractivity (Wildman–Crippen MR) is 88.8 cm³/mol. The molecule has 0 aromatic heterocycles. The lowest BCUT2D eigenvalue weighted by atomic mass is 10.2. The van der Waals surface area contributed by atoms with Crippen molar-refractivity contribution in [1.82, 2.24) is 0 Å². The topological polar surface area (TPSA) is 46.5 Å². The molecule has 2 aromatic carbocycles. The molecule has 0 saturated carbocycles. The molecule has 2 aromatic rings. The van der Waals surface area contributed by atoms with Crippen LogP contribution in [-0.4, -0.2) is 23.4 Å². The van der Waals surface area contributed by atoms with E-state index in [9.17, 15) is 4.79 Å². The lowest BCUT2D eigenvalue weighted by Gasteiger charge is -2.09. The Kier molecular flexibility index (Phi) is 5.72. The Morgan fingerprint density at radius 1 is 1.20 bits per heavy atom. The normalized spacial score (nSPS) is 10.2. The molecule has 0 aliphatic heterocycles. The molecule has 104 valence electrons. The van der Waals surface area contributed by atoms with E-state index in [0.29, 0.717) is 12.4 Å². The lowest BCUT2D eigenvalue weighted by Crippen LogP contribution is -2.06. The summed E-state index contributed by atoms with van der Waals surface area (Å²) in [6.07, 6.45) is 0. The zero-order valence-corrected chi connectivity index (χ0v) is 13.6. The Balaban J connectivity index is 1.90. The van der Waals surface area contributed by atoms with Gasteiger partial charge in [0.1, 0.15) is 11.3 Å². The standard InChI is InChI=1S/C15H13IO3S/c16-11-6-7-14(13(10-11)15(17)18)19-8-9-20-12-4-2-1-3-5-12/h1-7,10H,8-9H2,(H,17,18). The van der Waals surface area contributed by atoms with Crippen LogP contribution in [0.1, 0.15) is 10.4 Å². The van der Waals surface area contributed by atoms with Gasteiger partial charge < -0.3 is 9.84 Å². The highest BCUT2D eigenvalue weighted by Gasteiger charge is 2.11. The fourth-order valence-electron chi connectivity index (χ4n) is 1.62. The van der Waals surface area contributed by atoms with E-state index in [4.69, 9.17) is 9.84 Å². The zero-order chi connectivity index (χ0) is 14.4. The largest absolute Gasteiger partial charge is 0.492 e. The van der Waals surface area contributed by atoms with Crippen LogP contribution < -0.4 is 4.74 Å². The van der Waals surface area contributed by atoms with Crippen LogP contribution in [-0.2, 0) is 0 Å². The van der Waals surface area contributed by atoms with Crippen molar-refractivity contribution in [3.8, 4) is 5.75 Å². The van der Waals surface area contributed by atoms with Gasteiger partial charge in [-0.3, -0.25) is 0 Å². The molecule has 0 aliphatic carbocycles. The molecule has 5 heteroatoms. The van der Waals surface area contributed by atoms with Gasteiger partial charge in [0.2, 0.25) is 0 Å². The van der Waals surface area contributed by atoms with Gasteiger partial charge >= 0.3 is 5.97 Å². The second-order valence-electron chi connectivity index (χ2n) is 3.96. The van der Waals surface area contributed by atoms with Crippen LogP contribution in [0.15, 0.2) is 53.4 Å². The molecule has 0 saturated heterocycles. The van der Waals surface area contributed by atoms with Crippen molar-refractivity contribution in [2.45, 2.75) is 4.90 Å². The summed E-state index contributed by atoms with van der Waals surface area (Å²) < 4.78 is 6.45. The third-order valence-electron chi connectivity index (χ3n) is 2.52. The SMILES string of the molecule is O=C(O)c1cc(I)ccc1OCCSc1ccccc1. The van der Waals surface area contributed by atoms with E-state index in [1.54, 1.807) is 23.9 Å². The summed E-state index contributed by atoms with van der Waals surface area (Å²) >= 11 is 3.77. The van der Waals surface area contributed by atoms with E-state index in [2.05, 4.69) is 22.6 Å². The average Bonchev–Trinajstić information content (AvgIpc) is 2.45. The molecule has 0 atom stereocenters. The number of halogens is 1. The smallest absolute Gasteiger partial charge is 0.339 e. The highest BCUT2D eigenvalue weighted by atomic mass is 127. The third kappa shape index (κ3) is 4.42. The van der Waals surface area contributed by atoms with Crippen LogP contribution in [0.2, 0.25) is 0 Å². The quantitative estimate of drug-likeness (QED) is 0.450. The fraction of sp³-hybridized carbons (Fsp3) is 0.133. The first-order chi connectivity index (χ1) is 9.66. The highest BCUT2D eigenvalue weighted by molar-refractivity contribution is 14.1. The third-order valence-corrected chi connectivity index (χ3v) is 4.17. The van der Waals surface area contributed by atoms with E-state index in [1.807, 2.05) is 36.4 Å². The molecule has 20 heavy (non-hydrogen) atoms. The number of aromatic carboxylic acids is 1. The Bertz CT molecular complexity index is 587. The van der Waals surface area contributed by atoms with Gasteiger partial charge in [-0.05, 0) is 52.9 Å². The van der Waals surface area contributed by atoms with E-state index in [0.717, 1.165) is 9.32 Å². The van der Waals surface area contributed by atoms with Gasteiger partial charge in [0, 0.05) is 14.2 Å². The number of carbonyl (C=O) groups is 1. The maximum Gasteiger partial charge on any atom is 0.339 e. The summed E-state index contributed by atoms with van der Waals surface area (Å²) in [7, 11) is 0. The van der Waals surface area contributed by atoms with E-state index < -0.39 is 5.97 Å². The molecule has 0 spiro atoms. The Hall–Kier alpha value is -1.21. The van der Waals surface area contributed by atoms with Crippen LogP contribution in [0, 0.1) is 3.57 Å². The van der Waals surface area contributed by atoms with Crippen molar-refractivity contribution in [2.75, 3.05) is 12.4 Å². The number of ether oxygens (including phenoxy) is 1. The number of carboxylic acids is 1. The van der Waals surface area contributed by atoms with Gasteiger partial charge in [0.05, 0.1) is 6.61 Å². The molecular formula is C15H13IO3S. The second kappa shape index (κ2) is 7.54. The number of benzene rings is 2. The van der Waals surface area contributed by atoms with Crippen LogP contribution in [0.5, 0.6) is 5.75 Å². The van der Waals surface area contributed by atoms with Crippen molar-refractivity contribution in [2.24, 2.45) is 0 Å². The minimum Gasteiger partial charge on any atom is -0.492 e. The second-order valence-corrected chi connectivity index (χ2v) is 6.37. The van der Waals surface area contributed by atoms with Crippen LogP contribution in [0.25, 0.3) is 0 Å². The number of thioether (sulfide) groups is 1. The van der Waals surface area contributed by atoms with Crippen molar-refractivity contribution >= 4 is 40.3 Å². The maximum atomic E-state index is 11.1. The number of rotatable bonds is 6. The first-order valence-corrected chi connectivity index (χ1v) is 8.07. The predicted octanol–water partition coefficient (Wildman–Crippen LogP) is 4.16. The molecule has 0 heterocycles. The molecule has 2 rings (SSSR count). The summed E-state index contributed by atoms with van der Waals surface area (Å²) in [4.78, 5) is 12.3. The van der Waals surface area contributed by atoms with Gasteiger partial charge in [-0.1, -0.05) is 18.2 Å². The number of hydrogen-bond donors (Lipinski definition) is 1. The Labute approximate surface area is 135 Å². The van der Waals surface area contributed by atoms with Crippen molar-refractivity contribution in [3.05, 3.63) is 57.7 Å². The minimum absolute atomic E-state index is 0.210. The summed E-state index contributed by atoms with van der Waals surface area (Å²) in [5.74, 6) is 0.232. The summed E-state index contributed by atoms with van der Waals surface area (Å²) in [5.41, 5.74) is 0.210. The van der Waals surface area contributed by atoms with E-state index >= 15 is 0 Å². The highest BCUT2D eigenvalue weighted by Crippen LogP contribution is 2.22. The monoisotopic (exact) mass is 400 g/mol. The number of hydrogen-bond acceptors (Lipinski definition) is 3. The molecule has 0 unspecified atom stereocenters. The first kappa shape index (κ1) is 15.2. The minimum atomic E-state index is -0.964. The van der Waals surface area contributed by atoms with E-state index in [-0.39, 0.29) is 5.56 Å². The summed E-state index contributed by atoms with van der Waals surface area (Å²) in [6.45, 7) is 0.473. The average molecular weight is 400 g/mol. The molecule has 0 aliphatic rings. The first-order valence-electron chi connectivity index (χ1n) is 6.00. The van der Waals surface area contributed by atoms with Gasteiger partial charge in [0.25, 0.3) is 0 Å². The van der Waals surface area contributed by atoms with Crippen molar-refractivity contribution in [1.29, 1.82) is 0 Å². The molecule has 1 N–H and O–H groups in total. The van der Waals surface area contributed by atoms with Crippen LogP contribution in [0.3, 0.4) is 0 Å². The van der Waals surface area contributed by atoms with Gasteiger partial charge in [-0.15, -0.1) is 11.8 Å². The van der Waals surface area contributed by atoms with Gasteiger partial charge in [0.15, 0.2) is 0 Å². The zero-order valence-electron chi connectivity index (χ0n) is 10.6.